The lowest BCUT2D eigenvalue weighted by atomic mass is 10.00. The Bertz CT molecular complexity index is 896. The highest BCUT2D eigenvalue weighted by Gasteiger charge is 2.31. The van der Waals surface area contributed by atoms with E-state index in [0.717, 1.165) is 12.1 Å². The van der Waals surface area contributed by atoms with Gasteiger partial charge >= 0.3 is 6.18 Å². The molecule has 0 unspecified atom stereocenters. The number of nitrogens with one attached hydrogen (secondary N) is 1. The van der Waals surface area contributed by atoms with Crippen LogP contribution in [-0.4, -0.2) is 19.2 Å². The molecule has 0 aliphatic heterocycles. The Balaban J connectivity index is 2.12. The van der Waals surface area contributed by atoms with Gasteiger partial charge in [0.25, 0.3) is 0 Å². The number of thiazole rings is 1. The van der Waals surface area contributed by atoms with Gasteiger partial charge in [0.05, 0.1) is 19.8 Å². The maximum atomic E-state index is 13.2. The third kappa shape index (κ3) is 3.75. The molecule has 0 saturated carbocycles. The largest absolute Gasteiger partial charge is 0.493 e. The molecule has 26 heavy (non-hydrogen) atoms. The van der Waals surface area contributed by atoms with Crippen LogP contribution in [0.15, 0.2) is 48.0 Å². The van der Waals surface area contributed by atoms with Crippen LogP contribution in [0.3, 0.4) is 0 Å². The predicted octanol–water partition coefficient (Wildman–Crippen LogP) is 5.59. The van der Waals surface area contributed by atoms with Crippen molar-refractivity contribution in [3.05, 3.63) is 53.5 Å². The number of hydrogen-bond acceptors (Lipinski definition) is 5. The summed E-state index contributed by atoms with van der Waals surface area (Å²) in [6.45, 7) is 0. The van der Waals surface area contributed by atoms with Gasteiger partial charge in [-0.15, -0.1) is 11.3 Å². The van der Waals surface area contributed by atoms with Crippen LogP contribution >= 0.6 is 11.3 Å². The summed E-state index contributed by atoms with van der Waals surface area (Å²) >= 11 is 1.36. The molecule has 0 saturated heterocycles. The second kappa shape index (κ2) is 7.25. The molecule has 3 rings (SSSR count). The van der Waals surface area contributed by atoms with Crippen LogP contribution in [0, 0.1) is 0 Å². The molecular weight excluding hydrogens is 365 g/mol. The van der Waals surface area contributed by atoms with Gasteiger partial charge in [-0.05, 0) is 35.9 Å². The topological polar surface area (TPSA) is 43.4 Å². The van der Waals surface area contributed by atoms with Crippen molar-refractivity contribution in [3.63, 3.8) is 0 Å². The Morgan fingerprint density at radius 3 is 2.38 bits per heavy atom. The molecule has 0 bridgehead atoms. The van der Waals surface area contributed by atoms with Gasteiger partial charge in [0.1, 0.15) is 0 Å². The average Bonchev–Trinajstić information content (AvgIpc) is 3.13. The molecule has 0 radical (unpaired) electrons. The standard InChI is InChI=1S/C18H15F3N2O2S/c1-24-15-6-3-11(9-16(15)25-2)13-10-12(18(19,20)21)4-5-14(13)23-17-22-7-8-26-17/h3-10H,1-2H3,(H,22,23). The summed E-state index contributed by atoms with van der Waals surface area (Å²) < 4.78 is 50.0. The van der Waals surface area contributed by atoms with E-state index >= 15 is 0 Å². The fourth-order valence-corrected chi connectivity index (χ4v) is 3.01. The molecule has 1 aromatic heterocycles. The Kier molecular flexibility index (Phi) is 5.03. The minimum Gasteiger partial charge on any atom is -0.493 e. The van der Waals surface area contributed by atoms with E-state index in [1.165, 1.54) is 31.6 Å². The molecule has 0 amide bonds. The molecule has 0 aliphatic carbocycles. The number of nitrogens with zero attached hydrogens (tertiary/aromatic N) is 1. The molecule has 4 nitrogen and oxygen atoms in total. The maximum absolute atomic E-state index is 13.2. The van der Waals surface area contributed by atoms with Crippen molar-refractivity contribution < 1.29 is 22.6 Å². The predicted molar refractivity (Wildman–Crippen MR) is 95.4 cm³/mol. The van der Waals surface area contributed by atoms with Crippen LogP contribution in [-0.2, 0) is 6.18 Å². The molecule has 1 heterocycles. The van der Waals surface area contributed by atoms with E-state index < -0.39 is 11.7 Å². The molecular formula is C18H15F3N2O2S. The average molecular weight is 380 g/mol. The quantitative estimate of drug-likeness (QED) is 0.627. The van der Waals surface area contributed by atoms with Crippen molar-refractivity contribution in [2.45, 2.75) is 6.18 Å². The van der Waals surface area contributed by atoms with Crippen LogP contribution in [0.1, 0.15) is 5.56 Å². The van der Waals surface area contributed by atoms with Crippen molar-refractivity contribution in [2.24, 2.45) is 0 Å². The van der Waals surface area contributed by atoms with E-state index in [9.17, 15) is 13.2 Å². The molecule has 136 valence electrons. The molecule has 0 aliphatic rings. The maximum Gasteiger partial charge on any atom is 0.416 e. The van der Waals surface area contributed by atoms with Crippen molar-refractivity contribution in [3.8, 4) is 22.6 Å². The number of halogens is 3. The van der Waals surface area contributed by atoms with Gasteiger partial charge < -0.3 is 14.8 Å². The lowest BCUT2D eigenvalue weighted by Gasteiger charge is -2.16. The van der Waals surface area contributed by atoms with Crippen LogP contribution in [0.4, 0.5) is 24.0 Å². The molecule has 1 N–H and O–H groups in total. The van der Waals surface area contributed by atoms with Crippen LogP contribution in [0.25, 0.3) is 11.1 Å². The van der Waals surface area contributed by atoms with Crippen LogP contribution < -0.4 is 14.8 Å². The zero-order valence-corrected chi connectivity index (χ0v) is 14.7. The first-order valence-corrected chi connectivity index (χ1v) is 8.40. The highest BCUT2D eigenvalue weighted by atomic mass is 32.1. The second-order valence-electron chi connectivity index (χ2n) is 5.29. The minimum atomic E-state index is -4.44. The van der Waals surface area contributed by atoms with Gasteiger partial charge in [0.15, 0.2) is 16.6 Å². The number of aromatic nitrogens is 1. The zero-order valence-electron chi connectivity index (χ0n) is 13.9. The number of rotatable bonds is 5. The SMILES string of the molecule is COc1ccc(-c2cc(C(F)(F)F)ccc2Nc2nccs2)cc1OC. The number of hydrogen-bond donors (Lipinski definition) is 1. The van der Waals surface area contributed by atoms with E-state index in [4.69, 9.17) is 9.47 Å². The first-order chi connectivity index (χ1) is 12.4. The fourth-order valence-electron chi connectivity index (χ4n) is 2.47. The van der Waals surface area contributed by atoms with E-state index in [0.29, 0.717) is 33.4 Å². The normalized spacial score (nSPS) is 11.3. The molecule has 0 atom stereocenters. The highest BCUT2D eigenvalue weighted by molar-refractivity contribution is 7.13. The summed E-state index contributed by atoms with van der Waals surface area (Å²) in [5.41, 5.74) is 0.732. The summed E-state index contributed by atoms with van der Waals surface area (Å²) in [6, 6.07) is 8.53. The van der Waals surface area contributed by atoms with Gasteiger partial charge in [-0.2, -0.15) is 13.2 Å². The van der Waals surface area contributed by atoms with E-state index in [1.807, 2.05) is 0 Å². The number of alkyl halides is 3. The smallest absolute Gasteiger partial charge is 0.416 e. The molecule has 8 heteroatoms. The second-order valence-corrected chi connectivity index (χ2v) is 6.18. The van der Waals surface area contributed by atoms with Crippen LogP contribution in [0.2, 0.25) is 0 Å². The number of ether oxygens (including phenoxy) is 2. The lowest BCUT2D eigenvalue weighted by molar-refractivity contribution is -0.137. The highest BCUT2D eigenvalue weighted by Crippen LogP contribution is 2.40. The minimum absolute atomic E-state index is 0.385. The van der Waals surface area contributed by atoms with Crippen LogP contribution in [0.5, 0.6) is 11.5 Å². The van der Waals surface area contributed by atoms with Gasteiger partial charge in [-0.25, -0.2) is 4.98 Å². The fraction of sp³-hybridized carbons (Fsp3) is 0.167. The van der Waals surface area contributed by atoms with Crippen molar-refractivity contribution >= 4 is 22.2 Å². The Labute approximate surface area is 152 Å². The summed E-state index contributed by atoms with van der Waals surface area (Å²) in [5.74, 6) is 0.931. The summed E-state index contributed by atoms with van der Waals surface area (Å²) in [5, 5.41) is 5.43. The van der Waals surface area contributed by atoms with Gasteiger partial charge in [0, 0.05) is 22.8 Å². The number of anilines is 2. The van der Waals surface area contributed by atoms with Crippen molar-refractivity contribution in [1.29, 1.82) is 0 Å². The monoisotopic (exact) mass is 380 g/mol. The molecule has 2 aromatic carbocycles. The van der Waals surface area contributed by atoms with Crippen molar-refractivity contribution in [2.75, 3.05) is 19.5 Å². The molecule has 0 spiro atoms. The number of methoxy groups -OCH3 is 2. The summed E-state index contributed by atoms with van der Waals surface area (Å²) in [6.07, 6.45) is -2.82. The van der Waals surface area contributed by atoms with Crippen molar-refractivity contribution in [1.82, 2.24) is 4.98 Å². The molecule has 0 fully saturated rings. The Hall–Kier alpha value is -2.74. The lowest BCUT2D eigenvalue weighted by Crippen LogP contribution is -2.06. The van der Waals surface area contributed by atoms with Gasteiger partial charge in [-0.3, -0.25) is 0 Å². The zero-order chi connectivity index (χ0) is 18.7. The Morgan fingerprint density at radius 1 is 1.00 bits per heavy atom. The third-order valence-corrected chi connectivity index (χ3v) is 4.40. The first kappa shape index (κ1) is 18.1. The Morgan fingerprint density at radius 2 is 1.77 bits per heavy atom. The summed E-state index contributed by atoms with van der Waals surface area (Å²) in [4.78, 5) is 4.12. The third-order valence-electron chi connectivity index (χ3n) is 3.72. The van der Waals surface area contributed by atoms with E-state index in [1.54, 1.807) is 29.8 Å². The van der Waals surface area contributed by atoms with Gasteiger partial charge in [0.2, 0.25) is 0 Å². The molecule has 3 aromatic rings. The summed E-state index contributed by atoms with van der Waals surface area (Å²) in [7, 11) is 2.97. The first-order valence-electron chi connectivity index (χ1n) is 7.52. The van der Waals surface area contributed by atoms with E-state index in [2.05, 4.69) is 10.3 Å². The van der Waals surface area contributed by atoms with E-state index in [-0.39, 0.29) is 0 Å². The number of benzene rings is 2. The van der Waals surface area contributed by atoms with Gasteiger partial charge in [-0.1, -0.05) is 6.07 Å².